The Hall–Kier alpha value is -0.740. The third-order valence-corrected chi connectivity index (χ3v) is 2.75. The lowest BCUT2D eigenvalue weighted by molar-refractivity contribution is 0.0914. The first kappa shape index (κ1) is 13.3. The van der Waals surface area contributed by atoms with Gasteiger partial charge in [-0.15, -0.1) is 0 Å². The van der Waals surface area contributed by atoms with Crippen LogP contribution in [0.3, 0.4) is 0 Å². The van der Waals surface area contributed by atoms with Gasteiger partial charge in [0, 0.05) is 24.1 Å². The van der Waals surface area contributed by atoms with Crippen molar-refractivity contribution >= 4 is 15.9 Å². The summed E-state index contributed by atoms with van der Waals surface area (Å²) in [5.74, 6) is 1.63. The van der Waals surface area contributed by atoms with Crippen LogP contribution in [0.25, 0.3) is 0 Å². The predicted octanol–water partition coefficient (Wildman–Crippen LogP) is 3.00. The average Bonchev–Trinajstić information content (AvgIpc) is 2.29. The van der Waals surface area contributed by atoms with Gasteiger partial charge in [0.15, 0.2) is 0 Å². The van der Waals surface area contributed by atoms with Gasteiger partial charge in [-0.1, -0.05) is 22.0 Å². The molecule has 1 atom stereocenters. The second kappa shape index (κ2) is 6.76. The van der Waals surface area contributed by atoms with Crippen molar-refractivity contribution in [3.8, 4) is 11.5 Å². The zero-order valence-electron chi connectivity index (χ0n) is 9.83. The molecule has 0 aliphatic rings. The van der Waals surface area contributed by atoms with Gasteiger partial charge in [-0.3, -0.25) is 0 Å². The third-order valence-electron chi connectivity index (χ3n) is 2.15. The molecule has 0 heterocycles. The van der Waals surface area contributed by atoms with Gasteiger partial charge in [-0.2, -0.15) is 0 Å². The molecule has 90 valence electrons. The standard InChI is InChI=1S/C12H17BrO3/c1-9(8-14-2)16-12-6-11(15-3)5-4-10(12)7-13/h4-6,9H,7-8H2,1-3H3. The van der Waals surface area contributed by atoms with Gasteiger partial charge in [-0.05, 0) is 13.0 Å². The van der Waals surface area contributed by atoms with Crippen LogP contribution in [0.1, 0.15) is 12.5 Å². The molecule has 0 radical (unpaired) electrons. The minimum absolute atomic E-state index is 0.0231. The summed E-state index contributed by atoms with van der Waals surface area (Å²) in [6.45, 7) is 2.54. The second-order valence-corrected chi connectivity index (χ2v) is 4.05. The fourth-order valence-electron chi connectivity index (χ4n) is 1.37. The normalized spacial score (nSPS) is 12.2. The van der Waals surface area contributed by atoms with Gasteiger partial charge in [0.25, 0.3) is 0 Å². The molecule has 0 fully saturated rings. The van der Waals surface area contributed by atoms with E-state index in [9.17, 15) is 0 Å². The van der Waals surface area contributed by atoms with E-state index in [2.05, 4.69) is 15.9 Å². The Bertz CT molecular complexity index is 328. The fraction of sp³-hybridized carbons (Fsp3) is 0.500. The lowest BCUT2D eigenvalue weighted by Gasteiger charge is -2.16. The first-order valence-electron chi connectivity index (χ1n) is 5.09. The smallest absolute Gasteiger partial charge is 0.127 e. The quantitative estimate of drug-likeness (QED) is 0.753. The van der Waals surface area contributed by atoms with Crippen LogP contribution in [0.4, 0.5) is 0 Å². The van der Waals surface area contributed by atoms with Gasteiger partial charge >= 0.3 is 0 Å². The fourth-order valence-corrected chi connectivity index (χ4v) is 1.83. The van der Waals surface area contributed by atoms with Crippen LogP contribution in [-0.4, -0.2) is 26.9 Å². The monoisotopic (exact) mass is 288 g/mol. The molecular weight excluding hydrogens is 272 g/mol. The molecule has 1 unspecified atom stereocenters. The number of hydrogen-bond acceptors (Lipinski definition) is 3. The number of methoxy groups -OCH3 is 2. The van der Waals surface area contributed by atoms with E-state index in [1.54, 1.807) is 14.2 Å². The first-order valence-corrected chi connectivity index (χ1v) is 6.22. The zero-order chi connectivity index (χ0) is 12.0. The third kappa shape index (κ3) is 3.68. The number of halogens is 1. The Morgan fingerprint density at radius 3 is 2.62 bits per heavy atom. The van der Waals surface area contributed by atoms with E-state index in [-0.39, 0.29) is 6.10 Å². The van der Waals surface area contributed by atoms with Crippen LogP contribution in [0.5, 0.6) is 11.5 Å². The molecule has 0 aliphatic carbocycles. The minimum atomic E-state index is 0.0231. The summed E-state index contributed by atoms with van der Waals surface area (Å²) >= 11 is 3.43. The summed E-state index contributed by atoms with van der Waals surface area (Å²) in [6, 6.07) is 5.80. The second-order valence-electron chi connectivity index (χ2n) is 3.49. The molecule has 4 heteroatoms. The maximum absolute atomic E-state index is 5.78. The van der Waals surface area contributed by atoms with Crippen molar-refractivity contribution < 1.29 is 14.2 Å². The molecular formula is C12H17BrO3. The summed E-state index contributed by atoms with van der Waals surface area (Å²) in [5.41, 5.74) is 1.10. The first-order chi connectivity index (χ1) is 7.71. The molecule has 1 aromatic rings. The summed E-state index contributed by atoms with van der Waals surface area (Å²) in [7, 11) is 3.31. The lowest BCUT2D eigenvalue weighted by atomic mass is 10.2. The summed E-state index contributed by atoms with van der Waals surface area (Å²) in [4.78, 5) is 0. The van der Waals surface area contributed by atoms with Crippen molar-refractivity contribution in [2.45, 2.75) is 18.4 Å². The van der Waals surface area contributed by atoms with Crippen LogP contribution in [0, 0.1) is 0 Å². The predicted molar refractivity (Wildman–Crippen MR) is 67.6 cm³/mol. The van der Waals surface area contributed by atoms with Gasteiger partial charge in [0.2, 0.25) is 0 Å². The summed E-state index contributed by atoms with van der Waals surface area (Å²) in [5, 5.41) is 0.756. The van der Waals surface area contributed by atoms with Crippen LogP contribution in [0.15, 0.2) is 18.2 Å². The number of alkyl halides is 1. The average molecular weight is 289 g/mol. The molecule has 1 aromatic carbocycles. The molecule has 0 aliphatic heterocycles. The van der Waals surface area contributed by atoms with Crippen molar-refractivity contribution in [2.75, 3.05) is 20.8 Å². The van der Waals surface area contributed by atoms with Gasteiger partial charge < -0.3 is 14.2 Å². The largest absolute Gasteiger partial charge is 0.497 e. The molecule has 0 aromatic heterocycles. The maximum Gasteiger partial charge on any atom is 0.127 e. The number of hydrogen-bond donors (Lipinski definition) is 0. The highest BCUT2D eigenvalue weighted by Crippen LogP contribution is 2.27. The van der Waals surface area contributed by atoms with E-state index < -0.39 is 0 Å². The summed E-state index contributed by atoms with van der Waals surface area (Å²) in [6.07, 6.45) is 0.0231. The Morgan fingerprint density at radius 1 is 1.31 bits per heavy atom. The van der Waals surface area contributed by atoms with Crippen LogP contribution < -0.4 is 9.47 Å². The van der Waals surface area contributed by atoms with Gasteiger partial charge in [0.1, 0.15) is 17.6 Å². The molecule has 16 heavy (non-hydrogen) atoms. The van der Waals surface area contributed by atoms with Gasteiger partial charge in [0.05, 0.1) is 13.7 Å². The number of rotatable bonds is 6. The van der Waals surface area contributed by atoms with Crippen molar-refractivity contribution in [3.05, 3.63) is 23.8 Å². The zero-order valence-corrected chi connectivity index (χ0v) is 11.4. The lowest BCUT2D eigenvalue weighted by Crippen LogP contribution is -2.18. The SMILES string of the molecule is COCC(C)Oc1cc(OC)ccc1CBr. The molecule has 0 amide bonds. The topological polar surface area (TPSA) is 27.7 Å². The van der Waals surface area contributed by atoms with E-state index in [1.807, 2.05) is 25.1 Å². The van der Waals surface area contributed by atoms with Crippen molar-refractivity contribution in [1.29, 1.82) is 0 Å². The van der Waals surface area contributed by atoms with E-state index in [0.717, 1.165) is 22.4 Å². The number of ether oxygens (including phenoxy) is 3. The van der Waals surface area contributed by atoms with Crippen molar-refractivity contribution in [3.63, 3.8) is 0 Å². The maximum atomic E-state index is 5.78. The minimum Gasteiger partial charge on any atom is -0.497 e. The number of benzene rings is 1. The molecule has 0 spiro atoms. The van der Waals surface area contributed by atoms with Crippen molar-refractivity contribution in [1.82, 2.24) is 0 Å². The van der Waals surface area contributed by atoms with Crippen LogP contribution >= 0.6 is 15.9 Å². The van der Waals surface area contributed by atoms with Gasteiger partial charge in [-0.25, -0.2) is 0 Å². The molecule has 0 saturated carbocycles. The van der Waals surface area contributed by atoms with E-state index in [1.165, 1.54) is 0 Å². The van der Waals surface area contributed by atoms with Crippen molar-refractivity contribution in [2.24, 2.45) is 0 Å². The van der Waals surface area contributed by atoms with E-state index in [0.29, 0.717) is 6.61 Å². The van der Waals surface area contributed by atoms with E-state index >= 15 is 0 Å². The van der Waals surface area contributed by atoms with Crippen LogP contribution in [-0.2, 0) is 10.1 Å². The highest BCUT2D eigenvalue weighted by Gasteiger charge is 2.09. The van der Waals surface area contributed by atoms with E-state index in [4.69, 9.17) is 14.2 Å². The Morgan fingerprint density at radius 2 is 2.06 bits per heavy atom. The summed E-state index contributed by atoms with van der Waals surface area (Å²) < 4.78 is 16.0. The molecule has 0 N–H and O–H groups in total. The Labute approximate surface area is 105 Å². The molecule has 0 bridgehead atoms. The Kier molecular flexibility index (Phi) is 5.63. The Balaban J connectivity index is 2.82. The highest BCUT2D eigenvalue weighted by molar-refractivity contribution is 9.08. The molecule has 1 rings (SSSR count). The van der Waals surface area contributed by atoms with Crippen LogP contribution in [0.2, 0.25) is 0 Å². The highest BCUT2D eigenvalue weighted by atomic mass is 79.9. The molecule has 3 nitrogen and oxygen atoms in total. The molecule has 0 saturated heterocycles.